The van der Waals surface area contributed by atoms with Gasteiger partial charge in [-0.15, -0.1) is 0 Å². The number of H-pyrrole nitrogens is 1. The molecule has 0 unspecified atom stereocenters. The molecule has 0 atom stereocenters. The van der Waals surface area contributed by atoms with Gasteiger partial charge in [0, 0.05) is 56.4 Å². The number of likely N-dealkylation sites (tertiary alicyclic amines) is 1. The van der Waals surface area contributed by atoms with Gasteiger partial charge in [-0.3, -0.25) is 19.2 Å². The number of aromatic amines is 1. The third-order valence-electron chi connectivity index (χ3n) is 9.25. The number of nitrogens with zero attached hydrogens (tertiary/aromatic N) is 3. The van der Waals surface area contributed by atoms with Crippen LogP contribution in [0.1, 0.15) is 73.3 Å². The molecule has 204 valence electrons. The van der Waals surface area contributed by atoms with E-state index in [1.54, 1.807) is 13.3 Å². The highest BCUT2D eigenvalue weighted by atomic mass is 16.5. The first kappa shape index (κ1) is 25.5. The fourth-order valence-electron chi connectivity index (χ4n) is 6.99. The molecule has 1 aliphatic carbocycles. The first-order valence-corrected chi connectivity index (χ1v) is 14.2. The molecule has 6 rings (SSSR count). The first-order valence-electron chi connectivity index (χ1n) is 14.2. The van der Waals surface area contributed by atoms with Gasteiger partial charge in [0.15, 0.2) is 0 Å². The summed E-state index contributed by atoms with van der Waals surface area (Å²) in [6.45, 7) is 6.00. The van der Waals surface area contributed by atoms with Gasteiger partial charge in [0.1, 0.15) is 0 Å². The fraction of sp³-hybridized carbons (Fsp3) is 0.621. The van der Waals surface area contributed by atoms with Gasteiger partial charge < -0.3 is 19.8 Å². The Bertz CT molecular complexity index is 1380. The number of nitrogens with one attached hydrogen (secondary N) is 2. The van der Waals surface area contributed by atoms with Crippen LogP contribution >= 0.6 is 0 Å². The van der Waals surface area contributed by atoms with Crippen molar-refractivity contribution >= 4 is 27.7 Å². The van der Waals surface area contributed by atoms with E-state index in [0.717, 1.165) is 73.6 Å². The number of benzene rings is 1. The van der Waals surface area contributed by atoms with E-state index in [4.69, 9.17) is 9.47 Å². The molecule has 0 spiro atoms. The molecule has 1 amide bonds. The number of ether oxygens (including phenoxy) is 2. The largest absolute Gasteiger partial charge is 0.381 e. The van der Waals surface area contributed by atoms with Crippen LogP contribution in [0.4, 0.5) is 0 Å². The summed E-state index contributed by atoms with van der Waals surface area (Å²) in [6, 6.07) is 4.04. The van der Waals surface area contributed by atoms with Crippen molar-refractivity contribution in [1.29, 1.82) is 0 Å². The molecular formula is C29H39N5O4. The lowest BCUT2D eigenvalue weighted by Gasteiger charge is -2.45. The molecule has 2 N–H and O–H groups in total. The monoisotopic (exact) mass is 521 g/mol. The molecule has 2 aromatic heterocycles. The number of aryl methyl sites for hydroxylation is 1. The van der Waals surface area contributed by atoms with Crippen molar-refractivity contribution in [3.63, 3.8) is 0 Å². The van der Waals surface area contributed by atoms with Gasteiger partial charge in [0.05, 0.1) is 34.8 Å². The zero-order chi connectivity index (χ0) is 26.3. The minimum Gasteiger partial charge on any atom is -0.381 e. The Morgan fingerprint density at radius 1 is 1.16 bits per heavy atom. The number of hydrogen-bond donors (Lipinski definition) is 2. The summed E-state index contributed by atoms with van der Waals surface area (Å²) in [4.78, 5) is 32.1. The van der Waals surface area contributed by atoms with Crippen LogP contribution in [0.5, 0.6) is 0 Å². The molecule has 2 saturated heterocycles. The van der Waals surface area contributed by atoms with Crippen LogP contribution < -0.4 is 10.9 Å². The average Bonchev–Trinajstić information content (AvgIpc) is 3.61. The van der Waals surface area contributed by atoms with Gasteiger partial charge >= 0.3 is 0 Å². The van der Waals surface area contributed by atoms with Crippen molar-refractivity contribution in [3.05, 3.63) is 39.8 Å². The van der Waals surface area contributed by atoms with Gasteiger partial charge in [-0.2, -0.15) is 5.10 Å². The van der Waals surface area contributed by atoms with E-state index in [-0.39, 0.29) is 23.0 Å². The molecule has 9 nitrogen and oxygen atoms in total. The topological polar surface area (TPSA) is 101 Å². The normalized spacial score (nSPS) is 21.4. The summed E-state index contributed by atoms with van der Waals surface area (Å²) in [7, 11) is 1.80. The second-order valence-electron chi connectivity index (χ2n) is 11.4. The highest BCUT2D eigenvalue weighted by Crippen LogP contribution is 2.37. The smallest absolute Gasteiger partial charge is 0.259 e. The van der Waals surface area contributed by atoms with Crippen LogP contribution in [0.2, 0.25) is 0 Å². The maximum atomic E-state index is 13.7. The van der Waals surface area contributed by atoms with Crippen molar-refractivity contribution < 1.29 is 14.3 Å². The molecule has 4 heterocycles. The second-order valence-corrected chi connectivity index (χ2v) is 11.4. The molecule has 3 aliphatic rings. The number of amides is 1. The summed E-state index contributed by atoms with van der Waals surface area (Å²) in [6.07, 6.45) is 10.4. The molecule has 3 fully saturated rings. The van der Waals surface area contributed by atoms with Crippen molar-refractivity contribution in [2.45, 2.75) is 76.0 Å². The van der Waals surface area contributed by atoms with E-state index in [1.807, 2.05) is 23.7 Å². The molecule has 2 aliphatic heterocycles. The van der Waals surface area contributed by atoms with Gasteiger partial charge in [-0.1, -0.05) is 12.8 Å². The summed E-state index contributed by atoms with van der Waals surface area (Å²) in [5, 5.41) is 9.35. The van der Waals surface area contributed by atoms with Gasteiger partial charge in [0.2, 0.25) is 0 Å². The number of fused-ring (bicyclic) bond motifs is 3. The van der Waals surface area contributed by atoms with Crippen molar-refractivity contribution in [2.75, 3.05) is 40.0 Å². The predicted octanol–water partition coefficient (Wildman–Crippen LogP) is 3.69. The number of pyridine rings is 1. The van der Waals surface area contributed by atoms with E-state index in [1.165, 1.54) is 12.8 Å². The van der Waals surface area contributed by atoms with Gasteiger partial charge in [0.25, 0.3) is 11.5 Å². The minimum absolute atomic E-state index is 0.0271. The second kappa shape index (κ2) is 10.4. The van der Waals surface area contributed by atoms with E-state index in [9.17, 15) is 9.59 Å². The Morgan fingerprint density at radius 2 is 1.89 bits per heavy atom. The fourth-order valence-corrected chi connectivity index (χ4v) is 6.99. The Labute approximate surface area is 222 Å². The molecular weight excluding hydrogens is 482 g/mol. The van der Waals surface area contributed by atoms with E-state index in [0.29, 0.717) is 36.8 Å². The lowest BCUT2D eigenvalue weighted by Crippen LogP contribution is -2.57. The van der Waals surface area contributed by atoms with Gasteiger partial charge in [-0.05, 0) is 63.1 Å². The third kappa shape index (κ3) is 4.54. The Kier molecular flexibility index (Phi) is 7.01. The van der Waals surface area contributed by atoms with Crippen LogP contribution in [0.3, 0.4) is 0 Å². The van der Waals surface area contributed by atoms with Crippen molar-refractivity contribution in [2.24, 2.45) is 0 Å². The van der Waals surface area contributed by atoms with E-state index < -0.39 is 0 Å². The standard InChI is InChI=1S/C29H39N5O4/c1-19-15-25-23(26-24(28(36)32-25)17-31-34(26)20-7-13-38-14-8-20)16-22(19)27(35)30-18-29(9-3-4-10-29)33-11-5-21(37-2)6-12-33/h15-17,20-21H,3-14,18H2,1-2H3,(H,30,35)(H,32,36). The maximum absolute atomic E-state index is 13.7. The molecule has 38 heavy (non-hydrogen) atoms. The quantitative estimate of drug-likeness (QED) is 0.513. The zero-order valence-corrected chi connectivity index (χ0v) is 22.6. The lowest BCUT2D eigenvalue weighted by atomic mass is 9.91. The van der Waals surface area contributed by atoms with E-state index in [2.05, 4.69) is 20.3 Å². The highest BCUT2D eigenvalue weighted by Gasteiger charge is 2.41. The number of hydrogen-bond acceptors (Lipinski definition) is 6. The molecule has 0 radical (unpaired) electrons. The summed E-state index contributed by atoms with van der Waals surface area (Å²) < 4.78 is 13.1. The van der Waals surface area contributed by atoms with Crippen LogP contribution in [-0.2, 0) is 9.47 Å². The zero-order valence-electron chi connectivity index (χ0n) is 22.6. The van der Waals surface area contributed by atoms with Crippen LogP contribution in [0, 0.1) is 6.92 Å². The summed E-state index contributed by atoms with van der Waals surface area (Å²) in [5.41, 5.74) is 2.92. The van der Waals surface area contributed by atoms with Crippen molar-refractivity contribution in [3.8, 4) is 0 Å². The molecule has 1 saturated carbocycles. The van der Waals surface area contributed by atoms with Crippen LogP contribution in [-0.4, -0.2) is 77.2 Å². The van der Waals surface area contributed by atoms with Crippen molar-refractivity contribution in [1.82, 2.24) is 25.0 Å². The third-order valence-corrected chi connectivity index (χ3v) is 9.25. The number of rotatable bonds is 6. The summed E-state index contributed by atoms with van der Waals surface area (Å²) in [5.74, 6) is -0.0565. The molecule has 1 aromatic carbocycles. The lowest BCUT2D eigenvalue weighted by molar-refractivity contribution is -0.00271. The number of carbonyl (C=O) groups excluding carboxylic acids is 1. The van der Waals surface area contributed by atoms with E-state index >= 15 is 0 Å². The molecule has 9 heteroatoms. The van der Waals surface area contributed by atoms with Gasteiger partial charge in [-0.25, -0.2) is 0 Å². The summed E-state index contributed by atoms with van der Waals surface area (Å²) >= 11 is 0. The molecule has 0 bridgehead atoms. The molecule has 3 aromatic rings. The first-order chi connectivity index (χ1) is 18.5. The van der Waals surface area contributed by atoms with Crippen LogP contribution in [0.25, 0.3) is 21.8 Å². The SMILES string of the molecule is COC1CCN(C2(CNC(=O)c3cc4c(cc3C)[nH]c(=O)c3cnn(C5CCOCC5)c34)CCCC2)CC1. The number of carbonyl (C=O) groups is 1. The predicted molar refractivity (Wildman–Crippen MR) is 147 cm³/mol. The minimum atomic E-state index is -0.150. The number of aromatic nitrogens is 3. The Balaban J connectivity index is 1.30. The Hall–Kier alpha value is -2.75. The number of piperidine rings is 1. The average molecular weight is 522 g/mol. The maximum Gasteiger partial charge on any atom is 0.259 e. The Morgan fingerprint density at radius 3 is 2.61 bits per heavy atom. The van der Waals surface area contributed by atoms with Crippen LogP contribution in [0.15, 0.2) is 23.1 Å². The number of methoxy groups -OCH3 is 1. The highest BCUT2D eigenvalue weighted by molar-refractivity contribution is 6.07.